The van der Waals surface area contributed by atoms with E-state index < -0.39 is 0 Å². The molecular formula is C13H10OS2. The zero-order chi connectivity index (χ0) is 11.1. The van der Waals surface area contributed by atoms with Crippen LogP contribution >= 0.6 is 22.7 Å². The van der Waals surface area contributed by atoms with Crippen LogP contribution < -0.4 is 0 Å². The molecule has 1 N–H and O–H groups in total. The zero-order valence-electron chi connectivity index (χ0n) is 8.73. The molecule has 0 aliphatic heterocycles. The van der Waals surface area contributed by atoms with Gasteiger partial charge in [-0.05, 0) is 41.4 Å². The van der Waals surface area contributed by atoms with Crippen LogP contribution in [0.2, 0.25) is 0 Å². The molecule has 0 amide bonds. The third-order valence-corrected chi connectivity index (χ3v) is 4.50. The van der Waals surface area contributed by atoms with E-state index in [1.54, 1.807) is 22.7 Å². The molecule has 0 saturated carbocycles. The van der Waals surface area contributed by atoms with E-state index in [2.05, 4.69) is 17.5 Å². The summed E-state index contributed by atoms with van der Waals surface area (Å²) in [5.41, 5.74) is 2.40. The summed E-state index contributed by atoms with van der Waals surface area (Å²) < 4.78 is 1.18. The summed E-state index contributed by atoms with van der Waals surface area (Å²) in [5, 5.41) is 14.9. The summed E-state index contributed by atoms with van der Waals surface area (Å²) in [7, 11) is 0. The van der Waals surface area contributed by atoms with E-state index in [-0.39, 0.29) is 0 Å². The first kappa shape index (κ1) is 9.87. The maximum Gasteiger partial charge on any atom is 0.124 e. The second-order valence-corrected chi connectivity index (χ2v) is 5.59. The molecule has 3 heteroatoms. The Morgan fingerprint density at radius 1 is 1.12 bits per heavy atom. The Morgan fingerprint density at radius 2 is 2.00 bits per heavy atom. The predicted octanol–water partition coefficient (Wildman–Crippen LogP) is 4.64. The average Bonchev–Trinajstić information content (AvgIpc) is 2.86. The number of phenols is 1. The first-order valence-electron chi connectivity index (χ1n) is 5.01. The highest BCUT2D eigenvalue weighted by atomic mass is 32.1. The second kappa shape index (κ2) is 3.61. The van der Waals surface area contributed by atoms with Gasteiger partial charge in [-0.1, -0.05) is 6.07 Å². The van der Waals surface area contributed by atoms with Crippen molar-refractivity contribution in [1.82, 2.24) is 0 Å². The van der Waals surface area contributed by atoms with Crippen LogP contribution in [0.3, 0.4) is 0 Å². The van der Waals surface area contributed by atoms with Crippen molar-refractivity contribution in [1.29, 1.82) is 0 Å². The van der Waals surface area contributed by atoms with Gasteiger partial charge in [0.1, 0.15) is 5.75 Å². The minimum Gasteiger partial charge on any atom is -0.507 e. The molecule has 3 rings (SSSR count). The van der Waals surface area contributed by atoms with Gasteiger partial charge in [-0.3, -0.25) is 0 Å². The molecule has 2 aromatic heterocycles. The SMILES string of the molecule is Cc1cc(O)c2ccsc2c1-c1cccs1. The Hall–Kier alpha value is -1.32. The monoisotopic (exact) mass is 246 g/mol. The fourth-order valence-electron chi connectivity index (χ4n) is 1.97. The maximum absolute atomic E-state index is 9.87. The fraction of sp³-hybridized carbons (Fsp3) is 0.0769. The molecule has 1 nitrogen and oxygen atoms in total. The summed E-state index contributed by atoms with van der Waals surface area (Å²) in [6.07, 6.45) is 0. The Morgan fingerprint density at radius 3 is 2.75 bits per heavy atom. The third-order valence-electron chi connectivity index (χ3n) is 2.68. The highest BCUT2D eigenvalue weighted by Gasteiger charge is 2.12. The topological polar surface area (TPSA) is 20.2 Å². The number of hydrogen-bond acceptors (Lipinski definition) is 3. The third kappa shape index (κ3) is 1.36. The van der Waals surface area contributed by atoms with Crippen LogP contribution in [0.5, 0.6) is 5.75 Å². The Balaban J connectivity index is 2.43. The van der Waals surface area contributed by atoms with E-state index in [1.165, 1.54) is 15.1 Å². The quantitative estimate of drug-likeness (QED) is 0.663. The van der Waals surface area contributed by atoms with Crippen molar-refractivity contribution < 1.29 is 5.11 Å². The number of benzene rings is 1. The van der Waals surface area contributed by atoms with Crippen molar-refractivity contribution in [2.45, 2.75) is 6.92 Å². The molecule has 0 saturated heterocycles. The van der Waals surface area contributed by atoms with Gasteiger partial charge < -0.3 is 5.11 Å². The fourth-order valence-corrected chi connectivity index (χ4v) is 3.90. The highest BCUT2D eigenvalue weighted by Crippen LogP contribution is 2.41. The first-order chi connectivity index (χ1) is 7.77. The molecule has 0 spiro atoms. The largest absolute Gasteiger partial charge is 0.507 e. The standard InChI is InChI=1S/C13H10OS2/c1-8-7-10(14)9-4-6-16-13(9)12(8)11-3-2-5-15-11/h2-7,14H,1H3. The molecule has 0 unspecified atom stereocenters. The number of rotatable bonds is 1. The van der Waals surface area contributed by atoms with Crippen molar-refractivity contribution in [2.24, 2.45) is 0 Å². The van der Waals surface area contributed by atoms with Crippen LogP contribution in [0.25, 0.3) is 20.5 Å². The Bertz CT molecular complexity index is 635. The number of phenolic OH excluding ortho intramolecular Hbond substituents is 1. The molecule has 3 aromatic rings. The van der Waals surface area contributed by atoms with Crippen LogP contribution in [0.15, 0.2) is 35.0 Å². The van der Waals surface area contributed by atoms with E-state index in [9.17, 15) is 5.11 Å². The maximum atomic E-state index is 9.87. The lowest BCUT2D eigenvalue weighted by molar-refractivity contribution is 0.481. The van der Waals surface area contributed by atoms with Gasteiger partial charge in [-0.15, -0.1) is 22.7 Å². The van der Waals surface area contributed by atoms with Crippen LogP contribution in [-0.4, -0.2) is 5.11 Å². The van der Waals surface area contributed by atoms with Gasteiger partial charge in [-0.25, -0.2) is 0 Å². The number of fused-ring (bicyclic) bond motifs is 1. The average molecular weight is 246 g/mol. The Labute approximate surface area is 102 Å². The van der Waals surface area contributed by atoms with Crippen molar-refractivity contribution in [3.63, 3.8) is 0 Å². The molecule has 0 aliphatic carbocycles. The van der Waals surface area contributed by atoms with Gasteiger partial charge in [0, 0.05) is 20.5 Å². The van der Waals surface area contributed by atoms with Gasteiger partial charge >= 0.3 is 0 Å². The van der Waals surface area contributed by atoms with E-state index in [0.717, 1.165) is 10.9 Å². The smallest absolute Gasteiger partial charge is 0.124 e. The number of aryl methyl sites for hydroxylation is 1. The van der Waals surface area contributed by atoms with Crippen molar-refractivity contribution >= 4 is 32.8 Å². The second-order valence-electron chi connectivity index (χ2n) is 3.73. The van der Waals surface area contributed by atoms with E-state index in [4.69, 9.17) is 0 Å². The molecule has 0 radical (unpaired) electrons. The van der Waals surface area contributed by atoms with Crippen LogP contribution in [-0.2, 0) is 0 Å². The summed E-state index contributed by atoms with van der Waals surface area (Å²) in [4.78, 5) is 1.27. The molecule has 0 fully saturated rings. The normalized spacial score (nSPS) is 11.1. The minimum atomic E-state index is 0.383. The lowest BCUT2D eigenvalue weighted by Crippen LogP contribution is -1.81. The van der Waals surface area contributed by atoms with Crippen LogP contribution in [0.1, 0.15) is 5.56 Å². The number of thiophene rings is 2. The molecule has 80 valence electrons. The Kier molecular flexibility index (Phi) is 2.23. The van der Waals surface area contributed by atoms with Crippen LogP contribution in [0.4, 0.5) is 0 Å². The molecule has 0 atom stereocenters. The summed E-state index contributed by atoms with van der Waals surface area (Å²) >= 11 is 3.43. The molecular weight excluding hydrogens is 236 g/mol. The van der Waals surface area contributed by atoms with E-state index in [0.29, 0.717) is 5.75 Å². The summed E-state index contributed by atoms with van der Waals surface area (Å²) in [5.74, 6) is 0.383. The zero-order valence-corrected chi connectivity index (χ0v) is 10.4. The van der Waals surface area contributed by atoms with Crippen molar-refractivity contribution in [2.75, 3.05) is 0 Å². The number of hydrogen-bond donors (Lipinski definition) is 1. The molecule has 16 heavy (non-hydrogen) atoms. The molecule has 2 heterocycles. The summed E-state index contributed by atoms with van der Waals surface area (Å²) in [6, 6.07) is 8.02. The first-order valence-corrected chi connectivity index (χ1v) is 6.77. The lowest BCUT2D eigenvalue weighted by atomic mass is 10.0. The molecule has 1 aromatic carbocycles. The lowest BCUT2D eigenvalue weighted by Gasteiger charge is -2.06. The van der Waals surface area contributed by atoms with Gasteiger partial charge in [0.15, 0.2) is 0 Å². The van der Waals surface area contributed by atoms with Gasteiger partial charge in [0.2, 0.25) is 0 Å². The van der Waals surface area contributed by atoms with Crippen molar-refractivity contribution in [3.8, 4) is 16.2 Å². The van der Waals surface area contributed by atoms with Gasteiger partial charge in [0.25, 0.3) is 0 Å². The van der Waals surface area contributed by atoms with Crippen molar-refractivity contribution in [3.05, 3.63) is 40.6 Å². The summed E-state index contributed by atoms with van der Waals surface area (Å²) in [6.45, 7) is 2.05. The predicted molar refractivity (Wildman–Crippen MR) is 71.5 cm³/mol. The molecule has 0 aliphatic rings. The van der Waals surface area contributed by atoms with Crippen LogP contribution in [0, 0.1) is 6.92 Å². The van der Waals surface area contributed by atoms with Gasteiger partial charge in [-0.2, -0.15) is 0 Å². The van der Waals surface area contributed by atoms with Gasteiger partial charge in [0.05, 0.1) is 0 Å². The number of aromatic hydroxyl groups is 1. The molecule has 0 bridgehead atoms. The highest BCUT2D eigenvalue weighted by molar-refractivity contribution is 7.19. The van der Waals surface area contributed by atoms with E-state index in [1.807, 2.05) is 24.4 Å². The van der Waals surface area contributed by atoms with E-state index >= 15 is 0 Å². The minimum absolute atomic E-state index is 0.383.